The molecule has 0 spiro atoms. The minimum Gasteiger partial charge on any atom is -0.330 e. The van der Waals surface area contributed by atoms with Crippen LogP contribution in [0.1, 0.15) is 0 Å². The van der Waals surface area contributed by atoms with Crippen molar-refractivity contribution in [3.05, 3.63) is 35.6 Å². The number of hydrogen-bond donors (Lipinski definition) is 2. The predicted molar refractivity (Wildman–Crippen MR) is 90.0 cm³/mol. The summed E-state index contributed by atoms with van der Waals surface area (Å²) in [6.45, 7) is 3.13. The Balaban J connectivity index is 1.43. The normalized spacial score (nSPS) is 15.2. The van der Waals surface area contributed by atoms with Crippen LogP contribution < -0.4 is 10.2 Å². The van der Waals surface area contributed by atoms with E-state index in [1.54, 1.807) is 17.0 Å². The van der Waals surface area contributed by atoms with Crippen molar-refractivity contribution >= 4 is 29.1 Å². The van der Waals surface area contributed by atoms with E-state index >= 15 is 0 Å². The van der Waals surface area contributed by atoms with Crippen LogP contribution in [0, 0.1) is 0 Å². The molecule has 1 aromatic heterocycles. The number of anilines is 1. The van der Waals surface area contributed by atoms with Crippen LogP contribution in [0.2, 0.25) is 5.02 Å². The Hall–Kier alpha value is -2.52. The number of rotatable bonds is 5. The van der Waals surface area contributed by atoms with Crippen LogP contribution in [-0.4, -0.2) is 69.6 Å². The SMILES string of the molecule is O=C(C[NH+]1CCN(C(=O)Cn2cnnn2)CC1)Nc1ccccc1Cl. The van der Waals surface area contributed by atoms with Gasteiger partial charge in [0.1, 0.15) is 12.9 Å². The lowest BCUT2D eigenvalue weighted by Crippen LogP contribution is -3.15. The minimum atomic E-state index is -0.0865. The standard InChI is InChI=1S/C15H18ClN7O2/c16-12-3-1-2-4-13(12)18-14(24)9-21-5-7-22(8-6-21)15(25)10-23-11-17-19-20-23/h1-4,11H,5-10H2,(H,18,24)/p+1. The molecule has 1 fully saturated rings. The van der Waals surface area contributed by atoms with Gasteiger partial charge in [-0.2, -0.15) is 0 Å². The monoisotopic (exact) mass is 364 g/mol. The summed E-state index contributed by atoms with van der Waals surface area (Å²) in [7, 11) is 0. The van der Waals surface area contributed by atoms with Crippen LogP contribution in [0.4, 0.5) is 5.69 Å². The maximum absolute atomic E-state index is 12.2. The van der Waals surface area contributed by atoms with E-state index in [1.807, 2.05) is 12.1 Å². The summed E-state index contributed by atoms with van der Waals surface area (Å²) in [5.41, 5.74) is 0.615. The fourth-order valence-corrected chi connectivity index (χ4v) is 2.91. The van der Waals surface area contributed by atoms with Crippen molar-refractivity contribution in [1.29, 1.82) is 0 Å². The first-order valence-corrected chi connectivity index (χ1v) is 8.36. The van der Waals surface area contributed by atoms with E-state index in [2.05, 4.69) is 20.8 Å². The molecule has 2 heterocycles. The van der Waals surface area contributed by atoms with E-state index in [0.29, 0.717) is 30.3 Å². The van der Waals surface area contributed by atoms with Crippen LogP contribution in [-0.2, 0) is 16.1 Å². The Bertz CT molecular complexity index is 729. The van der Waals surface area contributed by atoms with Gasteiger partial charge in [-0.25, -0.2) is 4.68 Å². The van der Waals surface area contributed by atoms with E-state index in [1.165, 1.54) is 11.0 Å². The van der Waals surface area contributed by atoms with Crippen molar-refractivity contribution in [1.82, 2.24) is 25.1 Å². The fourth-order valence-electron chi connectivity index (χ4n) is 2.72. The second-order valence-corrected chi connectivity index (χ2v) is 6.25. The second kappa shape index (κ2) is 8.04. The molecule has 1 aromatic carbocycles. The molecule has 0 bridgehead atoms. The summed E-state index contributed by atoms with van der Waals surface area (Å²) < 4.78 is 1.40. The van der Waals surface area contributed by atoms with Crippen LogP contribution in [0.3, 0.4) is 0 Å². The summed E-state index contributed by atoms with van der Waals surface area (Å²) in [6.07, 6.45) is 1.42. The highest BCUT2D eigenvalue weighted by atomic mass is 35.5. The molecule has 0 unspecified atom stereocenters. The summed E-state index contributed by atoms with van der Waals surface area (Å²) in [5.74, 6) is -0.108. The van der Waals surface area contributed by atoms with E-state index in [0.717, 1.165) is 18.0 Å². The summed E-state index contributed by atoms with van der Waals surface area (Å²) in [5, 5.41) is 14.1. The number of aromatic nitrogens is 4. The first-order valence-electron chi connectivity index (χ1n) is 7.98. The molecule has 0 radical (unpaired) electrons. The zero-order chi connectivity index (χ0) is 17.6. The van der Waals surface area contributed by atoms with Gasteiger partial charge in [-0.15, -0.1) is 5.10 Å². The molecule has 9 nitrogen and oxygen atoms in total. The molecule has 10 heteroatoms. The van der Waals surface area contributed by atoms with Gasteiger partial charge in [-0.3, -0.25) is 9.59 Å². The number of halogens is 1. The van der Waals surface area contributed by atoms with Gasteiger partial charge in [-0.05, 0) is 22.6 Å². The van der Waals surface area contributed by atoms with Crippen LogP contribution >= 0.6 is 11.6 Å². The van der Waals surface area contributed by atoms with Crippen molar-refractivity contribution < 1.29 is 14.5 Å². The van der Waals surface area contributed by atoms with Crippen molar-refractivity contribution in [3.8, 4) is 0 Å². The van der Waals surface area contributed by atoms with Gasteiger partial charge in [0.15, 0.2) is 6.54 Å². The van der Waals surface area contributed by atoms with Crippen LogP contribution in [0.5, 0.6) is 0 Å². The van der Waals surface area contributed by atoms with Crippen LogP contribution in [0.25, 0.3) is 0 Å². The molecule has 1 aliphatic heterocycles. The van der Waals surface area contributed by atoms with E-state index in [-0.39, 0.29) is 18.4 Å². The number of carbonyl (C=O) groups is 2. The number of tetrazole rings is 1. The van der Waals surface area contributed by atoms with Crippen molar-refractivity contribution in [2.45, 2.75) is 6.54 Å². The first kappa shape index (κ1) is 17.3. The summed E-state index contributed by atoms with van der Waals surface area (Å²) in [6, 6.07) is 7.14. The van der Waals surface area contributed by atoms with Crippen LogP contribution in [0.15, 0.2) is 30.6 Å². The third-order valence-corrected chi connectivity index (χ3v) is 4.40. The third-order valence-electron chi connectivity index (χ3n) is 4.07. The molecule has 0 saturated carbocycles. The number of piperazine rings is 1. The topological polar surface area (TPSA) is 97.5 Å². The lowest BCUT2D eigenvalue weighted by molar-refractivity contribution is -0.895. The number of nitrogens with zero attached hydrogens (tertiary/aromatic N) is 5. The molecule has 2 aromatic rings. The predicted octanol–water partition coefficient (Wildman–Crippen LogP) is -1.31. The Labute approximate surface area is 149 Å². The zero-order valence-corrected chi connectivity index (χ0v) is 14.3. The average molecular weight is 365 g/mol. The number of hydrogen-bond acceptors (Lipinski definition) is 5. The summed E-state index contributed by atoms with van der Waals surface area (Å²) in [4.78, 5) is 27.3. The molecule has 1 aliphatic rings. The Morgan fingerprint density at radius 2 is 2.00 bits per heavy atom. The molecule has 2 N–H and O–H groups in total. The second-order valence-electron chi connectivity index (χ2n) is 5.84. The average Bonchev–Trinajstić information content (AvgIpc) is 3.10. The fraction of sp³-hybridized carbons (Fsp3) is 0.400. The lowest BCUT2D eigenvalue weighted by Gasteiger charge is -2.31. The largest absolute Gasteiger partial charge is 0.330 e. The van der Waals surface area contributed by atoms with E-state index in [4.69, 9.17) is 11.6 Å². The van der Waals surface area contributed by atoms with Gasteiger partial charge in [-0.1, -0.05) is 23.7 Å². The first-order chi connectivity index (χ1) is 12.1. The van der Waals surface area contributed by atoms with Gasteiger partial charge in [0, 0.05) is 0 Å². The smallest absolute Gasteiger partial charge is 0.279 e. The van der Waals surface area contributed by atoms with Gasteiger partial charge in [0.2, 0.25) is 5.91 Å². The Kier molecular flexibility index (Phi) is 5.56. The molecule has 1 saturated heterocycles. The third kappa shape index (κ3) is 4.74. The van der Waals surface area contributed by atoms with Gasteiger partial charge in [0.25, 0.3) is 5.91 Å². The van der Waals surface area contributed by atoms with Crippen molar-refractivity contribution in [3.63, 3.8) is 0 Å². The Morgan fingerprint density at radius 3 is 2.68 bits per heavy atom. The number of amides is 2. The number of nitrogens with one attached hydrogen (secondary N) is 2. The maximum Gasteiger partial charge on any atom is 0.279 e. The molecular weight excluding hydrogens is 346 g/mol. The molecular formula is C15H19ClN7O2+. The molecule has 0 atom stereocenters. The lowest BCUT2D eigenvalue weighted by atomic mass is 10.3. The number of para-hydroxylation sites is 1. The van der Waals surface area contributed by atoms with E-state index < -0.39 is 0 Å². The van der Waals surface area contributed by atoms with Gasteiger partial charge in [0.05, 0.1) is 36.9 Å². The van der Waals surface area contributed by atoms with E-state index in [9.17, 15) is 9.59 Å². The molecule has 3 rings (SSSR count). The van der Waals surface area contributed by atoms with Crippen molar-refractivity contribution in [2.75, 3.05) is 38.0 Å². The number of carbonyl (C=O) groups excluding carboxylic acids is 2. The quantitative estimate of drug-likeness (QED) is 0.686. The molecule has 132 valence electrons. The highest BCUT2D eigenvalue weighted by Gasteiger charge is 2.25. The minimum absolute atomic E-state index is 0.0214. The highest BCUT2D eigenvalue weighted by Crippen LogP contribution is 2.19. The highest BCUT2D eigenvalue weighted by molar-refractivity contribution is 6.33. The molecule has 25 heavy (non-hydrogen) atoms. The maximum atomic E-state index is 12.2. The Morgan fingerprint density at radius 1 is 1.24 bits per heavy atom. The number of quaternary nitrogens is 1. The molecule has 2 amide bonds. The molecule has 0 aliphatic carbocycles. The van der Waals surface area contributed by atoms with Crippen molar-refractivity contribution in [2.24, 2.45) is 0 Å². The zero-order valence-electron chi connectivity index (χ0n) is 13.6. The summed E-state index contributed by atoms with van der Waals surface area (Å²) >= 11 is 6.04. The number of benzene rings is 1. The van der Waals surface area contributed by atoms with Gasteiger partial charge >= 0.3 is 0 Å². The van der Waals surface area contributed by atoms with Gasteiger partial charge < -0.3 is 15.1 Å².